The first-order valence-corrected chi connectivity index (χ1v) is 23.6. The maximum Gasteiger partial charge on any atom is 0.329 e. The number of carbonyl (C=O) groups is 4. The Morgan fingerprint density at radius 1 is 1.04 bits per heavy atom. The van der Waals surface area contributed by atoms with E-state index in [1.165, 1.54) is 11.0 Å². The van der Waals surface area contributed by atoms with Crippen LogP contribution in [0.25, 0.3) is 0 Å². The molecule has 1 saturated heterocycles. The van der Waals surface area contributed by atoms with Gasteiger partial charge in [0.15, 0.2) is 14.0 Å². The molecule has 0 radical (unpaired) electrons. The fraction of sp³-hybridized carbons (Fsp3) is 0.639. The van der Waals surface area contributed by atoms with Crippen molar-refractivity contribution in [3.05, 3.63) is 48.0 Å². The van der Waals surface area contributed by atoms with Gasteiger partial charge >= 0.3 is 5.97 Å². The van der Waals surface area contributed by atoms with Gasteiger partial charge in [-0.15, -0.1) is 0 Å². The van der Waals surface area contributed by atoms with Crippen LogP contribution in [-0.2, 0) is 30.0 Å². The second-order valence-corrected chi connectivity index (χ2v) is 25.7. The summed E-state index contributed by atoms with van der Waals surface area (Å²) < 4.78 is 18.9. The topological polar surface area (TPSA) is 128 Å². The zero-order valence-corrected chi connectivity index (χ0v) is 32.8. The molecule has 1 N–H and O–H groups in total. The van der Waals surface area contributed by atoms with Gasteiger partial charge in [-0.3, -0.25) is 14.4 Å². The molecular formula is C36H57N3O7Si2. The Hall–Kier alpha value is -3.10. The van der Waals surface area contributed by atoms with Gasteiger partial charge in [0.05, 0.1) is 12.5 Å². The molecule has 3 heterocycles. The summed E-state index contributed by atoms with van der Waals surface area (Å²) in [4.78, 5) is 59.9. The van der Waals surface area contributed by atoms with Crippen LogP contribution in [0.1, 0.15) is 77.2 Å². The third-order valence-electron chi connectivity index (χ3n) is 9.32. The van der Waals surface area contributed by atoms with Crippen molar-refractivity contribution in [2.45, 2.75) is 123 Å². The van der Waals surface area contributed by atoms with Crippen molar-refractivity contribution in [2.24, 2.45) is 11.8 Å². The van der Waals surface area contributed by atoms with E-state index in [9.17, 15) is 19.2 Å². The Kier molecular flexibility index (Phi) is 13.2. The highest BCUT2D eigenvalue weighted by molar-refractivity contribution is 6.88. The number of hydrogen-bond acceptors (Lipinski definition) is 8. The number of ether oxygens (including phenoxy) is 1. The number of fused-ring (bicyclic) bond motifs is 3. The van der Waals surface area contributed by atoms with E-state index in [-0.39, 0.29) is 58.9 Å². The number of carbonyl (C=O) groups excluding carboxylic acids is 4. The summed E-state index contributed by atoms with van der Waals surface area (Å²) >= 11 is 0. The summed E-state index contributed by atoms with van der Waals surface area (Å²) in [5, 5.41) is 3.29. The number of nitrogens with zero attached hydrogens (tertiary/aromatic N) is 2. The highest BCUT2D eigenvalue weighted by Crippen LogP contribution is 2.38. The first-order valence-electron chi connectivity index (χ1n) is 17.2. The zero-order chi connectivity index (χ0) is 36.0. The van der Waals surface area contributed by atoms with Gasteiger partial charge in [-0.2, -0.15) is 0 Å². The number of nitrogens with one attached hydrogen (secondary N) is 1. The summed E-state index contributed by atoms with van der Waals surface area (Å²) in [7, 11) is -4.46. The summed E-state index contributed by atoms with van der Waals surface area (Å²) in [6, 6.07) is -0.761. The van der Waals surface area contributed by atoms with E-state index in [1.807, 2.05) is 45.1 Å². The van der Waals surface area contributed by atoms with Gasteiger partial charge in [-0.25, -0.2) is 9.78 Å². The lowest BCUT2D eigenvalue weighted by atomic mass is 9.94. The molecule has 266 valence electrons. The first-order chi connectivity index (χ1) is 22.2. The van der Waals surface area contributed by atoms with Crippen molar-refractivity contribution in [1.82, 2.24) is 15.2 Å². The molecule has 1 unspecified atom stereocenters. The monoisotopic (exact) mass is 699 g/mol. The number of amides is 2. The lowest BCUT2D eigenvalue weighted by Crippen LogP contribution is -2.47. The molecule has 0 aromatic carbocycles. The minimum atomic E-state index is -2.23. The lowest BCUT2D eigenvalue weighted by Gasteiger charge is -2.38. The Labute approximate surface area is 288 Å². The van der Waals surface area contributed by atoms with Crippen LogP contribution in [-0.4, -0.2) is 81.2 Å². The van der Waals surface area contributed by atoms with Crippen molar-refractivity contribution < 1.29 is 32.8 Å². The number of aromatic nitrogens is 1. The predicted octanol–water partition coefficient (Wildman–Crippen LogP) is 5.72. The molecule has 1 aromatic rings. The molecule has 0 saturated carbocycles. The molecule has 12 heteroatoms. The minimum Gasteiger partial charge on any atom is -0.460 e. The SMILES string of the molecule is CC(C)[C@H]1OC(=O)[C@H]2CCCN2C(=O)c2nc(oc2[Si](C)(C)C)CC(=O)CC(O[Si](C)(C)C(C)(C)C)/C=C/C=C/CNC(=O)/C=C/[C@H]1C. The Bertz CT molecular complexity index is 1420. The van der Waals surface area contributed by atoms with Crippen molar-refractivity contribution in [3.8, 4) is 0 Å². The lowest BCUT2D eigenvalue weighted by molar-refractivity contribution is -0.158. The van der Waals surface area contributed by atoms with Crippen LogP contribution >= 0.6 is 0 Å². The zero-order valence-electron chi connectivity index (χ0n) is 30.8. The number of esters is 1. The van der Waals surface area contributed by atoms with Crippen molar-refractivity contribution >= 4 is 45.3 Å². The van der Waals surface area contributed by atoms with Gasteiger partial charge in [0.1, 0.15) is 31.4 Å². The van der Waals surface area contributed by atoms with Crippen LogP contribution in [0.5, 0.6) is 0 Å². The van der Waals surface area contributed by atoms with E-state index in [0.29, 0.717) is 31.3 Å². The molecule has 1 aromatic heterocycles. The number of allylic oxidation sites excluding steroid dienone is 2. The molecule has 2 bridgehead atoms. The van der Waals surface area contributed by atoms with Crippen LogP contribution in [0, 0.1) is 11.8 Å². The molecule has 0 spiro atoms. The van der Waals surface area contributed by atoms with Gasteiger partial charge in [0, 0.05) is 25.4 Å². The molecule has 48 heavy (non-hydrogen) atoms. The summed E-state index contributed by atoms with van der Waals surface area (Å²) in [6.07, 6.45) is 10.8. The molecule has 4 atom stereocenters. The molecule has 1 fully saturated rings. The average Bonchev–Trinajstić information content (AvgIpc) is 3.62. The smallest absolute Gasteiger partial charge is 0.329 e. The third kappa shape index (κ3) is 10.5. The van der Waals surface area contributed by atoms with Gasteiger partial charge < -0.3 is 23.8 Å². The molecule has 2 aliphatic rings. The largest absolute Gasteiger partial charge is 0.460 e. The van der Waals surface area contributed by atoms with Crippen LogP contribution in [0.3, 0.4) is 0 Å². The first kappa shape index (κ1) is 39.3. The standard InChI is InChI=1S/C36H57N3O7Si2/c1-24(2)32-25(3)18-19-29(41)37-20-14-12-13-16-27(46-48(10,11)36(4,5)6)22-26(40)23-30-38-31(35(44-30)47(7,8)9)33(42)39-21-15-17-28(39)34(43)45-32/h12-14,16,18-19,24-25,27-28,32H,15,17,20-23H2,1-11H3,(H,37,41)/b14-12+,16-13+,19-18+/t25-,27?,28-,32-/m1/s1. The summed E-state index contributed by atoms with van der Waals surface area (Å²) in [6.45, 7) is 23.5. The number of oxazole rings is 1. The summed E-state index contributed by atoms with van der Waals surface area (Å²) in [5.74, 6) is -1.30. The molecular weight excluding hydrogens is 643 g/mol. The van der Waals surface area contributed by atoms with Gasteiger partial charge in [-0.1, -0.05) is 91.6 Å². The highest BCUT2D eigenvalue weighted by atomic mass is 28.4. The van der Waals surface area contributed by atoms with E-state index in [2.05, 4.69) is 63.8 Å². The minimum absolute atomic E-state index is 0.0232. The molecule has 0 aliphatic carbocycles. The second kappa shape index (κ2) is 16.1. The number of Topliss-reactive ketones (excluding diaryl/α,β-unsaturated/α-hetero) is 1. The quantitative estimate of drug-likeness (QED) is 0.313. The average molecular weight is 700 g/mol. The molecule has 10 nitrogen and oxygen atoms in total. The molecule has 2 amide bonds. The van der Waals surface area contributed by atoms with Crippen LogP contribution in [0.2, 0.25) is 37.8 Å². The van der Waals surface area contributed by atoms with Crippen molar-refractivity contribution in [2.75, 3.05) is 13.1 Å². The number of ketones is 1. The van der Waals surface area contributed by atoms with Crippen molar-refractivity contribution in [3.63, 3.8) is 0 Å². The number of cyclic esters (lactones) is 1. The fourth-order valence-corrected chi connectivity index (χ4v) is 8.19. The maximum atomic E-state index is 14.1. The predicted molar refractivity (Wildman–Crippen MR) is 193 cm³/mol. The van der Waals surface area contributed by atoms with E-state index < -0.39 is 40.6 Å². The summed E-state index contributed by atoms with van der Waals surface area (Å²) in [5.41, 5.74) is 0.178. The third-order valence-corrected chi connectivity index (χ3v) is 15.5. The van der Waals surface area contributed by atoms with Crippen LogP contribution < -0.4 is 10.7 Å². The van der Waals surface area contributed by atoms with Crippen LogP contribution in [0.15, 0.2) is 40.9 Å². The fourth-order valence-electron chi connectivity index (χ4n) is 5.62. The van der Waals surface area contributed by atoms with E-state index in [0.717, 1.165) is 0 Å². The number of rotatable bonds is 4. The normalized spacial score (nSPS) is 26.5. The van der Waals surface area contributed by atoms with E-state index in [1.54, 1.807) is 6.08 Å². The molecule has 3 rings (SSSR count). The van der Waals surface area contributed by atoms with Gasteiger partial charge in [0.25, 0.3) is 5.91 Å². The van der Waals surface area contributed by atoms with Gasteiger partial charge in [-0.05, 0) is 43.0 Å². The van der Waals surface area contributed by atoms with E-state index in [4.69, 9.17) is 13.6 Å². The van der Waals surface area contributed by atoms with Gasteiger partial charge in [0.2, 0.25) is 11.8 Å². The second-order valence-electron chi connectivity index (χ2n) is 16.0. The number of hydrogen-bond donors (Lipinski definition) is 1. The van der Waals surface area contributed by atoms with Crippen LogP contribution in [0.4, 0.5) is 0 Å². The Morgan fingerprint density at radius 3 is 2.35 bits per heavy atom. The highest BCUT2D eigenvalue weighted by Gasteiger charge is 2.42. The Balaban J connectivity index is 2.02. The van der Waals surface area contributed by atoms with Crippen molar-refractivity contribution in [1.29, 1.82) is 0 Å². The van der Waals surface area contributed by atoms with E-state index >= 15 is 0 Å². The Morgan fingerprint density at radius 2 is 1.73 bits per heavy atom. The maximum absolute atomic E-state index is 14.1. The molecule has 2 aliphatic heterocycles.